The van der Waals surface area contributed by atoms with E-state index >= 15 is 0 Å². The van der Waals surface area contributed by atoms with E-state index < -0.39 is 0 Å². The third-order valence-corrected chi connectivity index (χ3v) is 11.4. The molecule has 0 aliphatic heterocycles. The Labute approximate surface area is 345 Å². The average molecular weight is 755 g/mol. The lowest BCUT2D eigenvalue weighted by Gasteiger charge is -2.26. The number of nitrogens with zero attached hydrogens (tertiary/aromatic N) is 2. The van der Waals surface area contributed by atoms with Gasteiger partial charge in [0.15, 0.2) is 0 Å². The summed E-state index contributed by atoms with van der Waals surface area (Å²) in [7, 11) is 0. The van der Waals surface area contributed by atoms with E-state index in [0.29, 0.717) is 0 Å². The fraction of sp³-hybridized carbons (Fsp3) is 0.179. The van der Waals surface area contributed by atoms with E-state index in [4.69, 9.17) is 0 Å². The zero-order valence-corrected chi connectivity index (χ0v) is 34.9. The van der Waals surface area contributed by atoms with Crippen LogP contribution in [0.5, 0.6) is 0 Å². The maximum Gasteiger partial charge on any atom is 0.0468 e. The topological polar surface area (TPSA) is 6.48 Å². The second-order valence-corrected chi connectivity index (χ2v) is 16.0. The van der Waals surface area contributed by atoms with Crippen LogP contribution in [0.1, 0.15) is 72.9 Å². The van der Waals surface area contributed by atoms with Crippen molar-refractivity contribution in [2.45, 2.75) is 67.2 Å². The number of benzene rings is 8. The fourth-order valence-corrected chi connectivity index (χ4v) is 8.23. The Bertz CT molecular complexity index is 2420. The van der Waals surface area contributed by atoms with Crippen LogP contribution in [-0.2, 0) is 0 Å². The summed E-state index contributed by atoms with van der Waals surface area (Å²) in [4.78, 5) is 4.72. The van der Waals surface area contributed by atoms with Crippen molar-refractivity contribution >= 4 is 66.8 Å². The van der Waals surface area contributed by atoms with Gasteiger partial charge in [-0.3, -0.25) is 0 Å². The van der Waals surface area contributed by atoms with Gasteiger partial charge in [-0.15, -0.1) is 0 Å². The van der Waals surface area contributed by atoms with Gasteiger partial charge in [-0.1, -0.05) is 134 Å². The van der Waals surface area contributed by atoms with Crippen LogP contribution in [0.3, 0.4) is 0 Å². The van der Waals surface area contributed by atoms with Crippen LogP contribution in [0.25, 0.3) is 32.7 Å². The Morgan fingerprint density at radius 1 is 0.310 bits per heavy atom. The predicted molar refractivity (Wildman–Crippen MR) is 253 cm³/mol. The molecule has 0 amide bonds. The molecule has 8 aromatic rings. The van der Waals surface area contributed by atoms with Gasteiger partial charge < -0.3 is 9.80 Å². The molecule has 0 saturated carbocycles. The van der Waals surface area contributed by atoms with Crippen molar-refractivity contribution in [3.63, 3.8) is 0 Å². The first-order chi connectivity index (χ1) is 28.3. The van der Waals surface area contributed by atoms with E-state index in [-0.39, 0.29) is 0 Å². The molecule has 0 spiro atoms. The van der Waals surface area contributed by atoms with Crippen LogP contribution < -0.4 is 9.80 Å². The number of hydrogen-bond acceptors (Lipinski definition) is 2. The molecule has 0 N–H and O–H groups in total. The average Bonchev–Trinajstić information content (AvgIpc) is 3.24. The largest absolute Gasteiger partial charge is 0.310 e. The molecule has 0 bridgehead atoms. The minimum Gasteiger partial charge on any atom is -0.310 e. The van der Waals surface area contributed by atoms with Gasteiger partial charge >= 0.3 is 0 Å². The first kappa shape index (κ1) is 38.5. The maximum atomic E-state index is 2.42. The number of rotatable bonds is 12. The molecular formula is C56H54N2. The minimum absolute atomic E-state index is 1.03. The maximum absolute atomic E-state index is 2.42. The van der Waals surface area contributed by atoms with Crippen molar-refractivity contribution in [1.29, 1.82) is 0 Å². The van der Waals surface area contributed by atoms with Gasteiger partial charge in [-0.05, 0) is 169 Å². The Balaban J connectivity index is 1.16. The Morgan fingerprint density at radius 2 is 0.569 bits per heavy atom. The summed E-state index contributed by atoms with van der Waals surface area (Å²) in [6, 6.07) is 63.3. The van der Waals surface area contributed by atoms with Gasteiger partial charge in [-0.25, -0.2) is 0 Å². The van der Waals surface area contributed by atoms with E-state index in [0.717, 1.165) is 59.8 Å². The molecule has 0 fully saturated rings. The Kier molecular flexibility index (Phi) is 11.3. The number of anilines is 6. The molecule has 0 aliphatic rings. The smallest absolute Gasteiger partial charge is 0.0468 e. The molecule has 0 heterocycles. The molecule has 2 heteroatoms. The van der Waals surface area contributed by atoms with Gasteiger partial charge in [0.05, 0.1) is 0 Å². The molecule has 8 aromatic carbocycles. The molecule has 0 aromatic heterocycles. The molecule has 0 atom stereocenters. The quantitative estimate of drug-likeness (QED) is 0.115. The van der Waals surface area contributed by atoms with Crippen molar-refractivity contribution in [3.8, 4) is 0 Å². The summed E-state index contributed by atoms with van der Waals surface area (Å²) in [6.45, 7) is 13.2. The zero-order chi connectivity index (χ0) is 40.2. The van der Waals surface area contributed by atoms with Gasteiger partial charge in [0.2, 0.25) is 0 Å². The molecular weight excluding hydrogens is 701 g/mol. The SMILES string of the molecule is CCCC(=C(CCC)c1ccc2cc(N(c3ccc(C)cc3)c3ccc(C)cc3)ccc2c1)c1ccc2cc(N(c3ccc(C)cc3)c3ccc(C)cc3)ccc2c1. The fourth-order valence-electron chi connectivity index (χ4n) is 8.23. The summed E-state index contributed by atoms with van der Waals surface area (Å²) in [5, 5.41) is 5.00. The summed E-state index contributed by atoms with van der Waals surface area (Å²) in [5.41, 5.74) is 17.5. The van der Waals surface area contributed by atoms with Crippen molar-refractivity contribution in [1.82, 2.24) is 0 Å². The number of fused-ring (bicyclic) bond motifs is 2. The monoisotopic (exact) mass is 754 g/mol. The second-order valence-electron chi connectivity index (χ2n) is 16.0. The predicted octanol–water partition coefficient (Wildman–Crippen LogP) is 16.7. The second kappa shape index (κ2) is 17.0. The summed E-state index contributed by atoms with van der Waals surface area (Å²) < 4.78 is 0. The van der Waals surface area contributed by atoms with Crippen molar-refractivity contribution in [2.75, 3.05) is 9.80 Å². The minimum atomic E-state index is 1.03. The molecule has 288 valence electrons. The van der Waals surface area contributed by atoms with E-state index in [1.54, 1.807) is 0 Å². The molecule has 0 saturated heterocycles. The molecule has 8 rings (SSSR count). The Hall–Kier alpha value is -6.38. The lowest BCUT2D eigenvalue weighted by molar-refractivity contribution is 0.945. The standard InChI is InChI=1S/C56H54N2/c1-7-9-55(47-21-19-45-37-53(33-23-43(45)35-47)57(49-25-11-39(3)12-26-49)50-27-13-40(4)14-28-50)56(10-8-2)48-22-20-46-38-54(34-24-44(46)36-48)58(51-29-15-41(5)16-30-51)52-31-17-42(6)18-32-52/h11-38H,7-10H2,1-6H3. The normalized spacial score (nSPS) is 11.8. The van der Waals surface area contributed by atoms with Crippen LogP contribution in [0, 0.1) is 27.7 Å². The first-order valence-electron chi connectivity index (χ1n) is 21.0. The highest BCUT2D eigenvalue weighted by molar-refractivity contribution is 5.98. The highest BCUT2D eigenvalue weighted by atomic mass is 15.1. The molecule has 0 aliphatic carbocycles. The number of allylic oxidation sites excluding steroid dienone is 2. The van der Waals surface area contributed by atoms with Crippen molar-refractivity contribution in [2.24, 2.45) is 0 Å². The lowest BCUT2D eigenvalue weighted by Crippen LogP contribution is -2.10. The summed E-state index contributed by atoms with van der Waals surface area (Å²) in [6.07, 6.45) is 4.25. The van der Waals surface area contributed by atoms with Gasteiger partial charge in [0.1, 0.15) is 0 Å². The van der Waals surface area contributed by atoms with Gasteiger partial charge in [0, 0.05) is 34.1 Å². The van der Waals surface area contributed by atoms with Crippen LogP contribution in [0.2, 0.25) is 0 Å². The Morgan fingerprint density at radius 3 is 0.862 bits per heavy atom. The van der Waals surface area contributed by atoms with Crippen molar-refractivity contribution in [3.05, 3.63) is 203 Å². The third-order valence-electron chi connectivity index (χ3n) is 11.4. The highest BCUT2D eigenvalue weighted by Gasteiger charge is 2.17. The van der Waals surface area contributed by atoms with Gasteiger partial charge in [0.25, 0.3) is 0 Å². The zero-order valence-electron chi connectivity index (χ0n) is 34.9. The number of aryl methyl sites for hydroxylation is 4. The van der Waals surface area contributed by atoms with E-state index in [1.807, 2.05) is 0 Å². The van der Waals surface area contributed by atoms with Gasteiger partial charge in [-0.2, -0.15) is 0 Å². The van der Waals surface area contributed by atoms with Crippen LogP contribution in [0.15, 0.2) is 170 Å². The van der Waals surface area contributed by atoms with E-state index in [1.165, 1.54) is 66.1 Å². The summed E-state index contributed by atoms with van der Waals surface area (Å²) in [5.74, 6) is 0. The number of hydrogen-bond donors (Lipinski definition) is 0. The van der Waals surface area contributed by atoms with E-state index in [9.17, 15) is 0 Å². The molecule has 58 heavy (non-hydrogen) atoms. The first-order valence-corrected chi connectivity index (χ1v) is 21.0. The third kappa shape index (κ3) is 8.20. The molecule has 2 nitrogen and oxygen atoms in total. The summed E-state index contributed by atoms with van der Waals surface area (Å²) >= 11 is 0. The lowest BCUT2D eigenvalue weighted by atomic mass is 9.87. The molecule has 0 radical (unpaired) electrons. The van der Waals surface area contributed by atoms with Crippen LogP contribution in [-0.4, -0.2) is 0 Å². The van der Waals surface area contributed by atoms with Crippen LogP contribution >= 0.6 is 0 Å². The highest BCUT2D eigenvalue weighted by Crippen LogP contribution is 2.41. The van der Waals surface area contributed by atoms with Crippen LogP contribution in [0.4, 0.5) is 34.1 Å². The molecule has 0 unspecified atom stereocenters. The van der Waals surface area contributed by atoms with E-state index in [2.05, 4.69) is 221 Å². The van der Waals surface area contributed by atoms with Crippen molar-refractivity contribution < 1.29 is 0 Å².